The molecule has 1 aliphatic heterocycles. The minimum absolute atomic E-state index is 0. The summed E-state index contributed by atoms with van der Waals surface area (Å²) in [5.41, 5.74) is 0.606. The van der Waals surface area contributed by atoms with Crippen molar-refractivity contribution >= 4 is 40.0 Å². The van der Waals surface area contributed by atoms with E-state index in [0.29, 0.717) is 44.0 Å². The lowest BCUT2D eigenvalue weighted by atomic mass is 10.1. The van der Waals surface area contributed by atoms with Gasteiger partial charge in [0.25, 0.3) is 0 Å². The molecule has 28 heavy (non-hydrogen) atoms. The van der Waals surface area contributed by atoms with Gasteiger partial charge in [-0.1, -0.05) is 12.1 Å². The van der Waals surface area contributed by atoms with Crippen LogP contribution in [0.3, 0.4) is 0 Å². The summed E-state index contributed by atoms with van der Waals surface area (Å²) in [4.78, 5) is 4.41. The Hall–Kier alpha value is -0.980. The van der Waals surface area contributed by atoms with E-state index in [4.69, 9.17) is 0 Å². The van der Waals surface area contributed by atoms with Crippen LogP contribution >= 0.6 is 24.0 Å². The van der Waals surface area contributed by atoms with Gasteiger partial charge in [0, 0.05) is 25.7 Å². The van der Waals surface area contributed by atoms with E-state index in [0.717, 1.165) is 0 Å². The van der Waals surface area contributed by atoms with Crippen LogP contribution in [-0.2, 0) is 10.0 Å². The lowest BCUT2D eigenvalue weighted by Crippen LogP contribution is -2.50. The lowest BCUT2D eigenvalue weighted by Gasteiger charge is -2.32. The van der Waals surface area contributed by atoms with Crippen LogP contribution in [0.4, 0.5) is 4.39 Å². The van der Waals surface area contributed by atoms with E-state index in [1.54, 1.807) is 19.1 Å². The molecule has 0 amide bonds. The Morgan fingerprint density at radius 2 is 1.89 bits per heavy atom. The second-order valence-corrected chi connectivity index (χ2v) is 8.76. The topological polar surface area (TPSA) is 94.0 Å². The maximum absolute atomic E-state index is 13.0. The first-order valence-electron chi connectivity index (χ1n) is 9.32. The number of piperidine rings is 1. The van der Waals surface area contributed by atoms with Gasteiger partial charge in [-0.3, -0.25) is 4.99 Å². The van der Waals surface area contributed by atoms with E-state index < -0.39 is 16.1 Å². The molecule has 0 spiro atoms. The summed E-state index contributed by atoms with van der Waals surface area (Å²) in [5.74, 6) is 0.354. The Bertz CT molecular complexity index is 723. The third kappa shape index (κ3) is 7.45. The first-order chi connectivity index (χ1) is 12.9. The molecule has 0 aromatic heterocycles. The summed E-state index contributed by atoms with van der Waals surface area (Å²) in [6.45, 7) is 5.40. The van der Waals surface area contributed by atoms with Crippen molar-refractivity contribution in [1.29, 1.82) is 0 Å². The van der Waals surface area contributed by atoms with Gasteiger partial charge in [0.05, 0.1) is 18.4 Å². The quantitative estimate of drug-likeness (QED) is 0.286. The summed E-state index contributed by atoms with van der Waals surface area (Å²) in [6.07, 6.45) is 0.575. The predicted octanol–water partition coefficient (Wildman–Crippen LogP) is 1.85. The summed E-state index contributed by atoms with van der Waals surface area (Å²) < 4.78 is 38.4. The molecule has 1 aliphatic rings. The lowest BCUT2D eigenvalue weighted by molar-refractivity contribution is 0.187. The summed E-state index contributed by atoms with van der Waals surface area (Å²) in [7, 11) is -3.14. The number of halogens is 2. The molecule has 0 saturated carbocycles. The van der Waals surface area contributed by atoms with Gasteiger partial charge >= 0.3 is 0 Å². The fourth-order valence-electron chi connectivity index (χ4n) is 2.94. The standard InChI is InChI=1S/C18H29FN4O3S.HI/c1-3-20-18(21-13-17(24)14-5-7-15(19)8-6-14)22-16-9-11-23(12-10-16)27(25,26)4-2;/h5-8,16-17,24H,3-4,9-13H2,1-2H3,(H2,20,21,22);1H. The Labute approximate surface area is 183 Å². The fraction of sp³-hybridized carbons (Fsp3) is 0.611. The molecule has 160 valence electrons. The van der Waals surface area contributed by atoms with Crippen LogP contribution in [0.5, 0.6) is 0 Å². The minimum atomic E-state index is -3.14. The third-order valence-electron chi connectivity index (χ3n) is 4.57. The van der Waals surface area contributed by atoms with Crippen molar-refractivity contribution < 1.29 is 17.9 Å². The number of nitrogens with one attached hydrogen (secondary N) is 2. The van der Waals surface area contributed by atoms with Crippen molar-refractivity contribution in [3.63, 3.8) is 0 Å². The van der Waals surface area contributed by atoms with Gasteiger partial charge in [-0.15, -0.1) is 24.0 Å². The molecule has 1 heterocycles. The Morgan fingerprint density at radius 1 is 1.29 bits per heavy atom. The molecule has 1 atom stereocenters. The van der Waals surface area contributed by atoms with Crippen molar-refractivity contribution in [2.45, 2.75) is 38.8 Å². The number of aliphatic imine (C=N–C) groups is 1. The molecule has 1 fully saturated rings. The van der Waals surface area contributed by atoms with Crippen molar-refractivity contribution in [3.8, 4) is 0 Å². The summed E-state index contributed by atoms with van der Waals surface area (Å²) in [5, 5.41) is 16.7. The van der Waals surface area contributed by atoms with E-state index in [1.165, 1.54) is 16.4 Å². The zero-order valence-electron chi connectivity index (χ0n) is 16.3. The number of guanidine groups is 1. The molecule has 2 rings (SSSR count). The number of benzene rings is 1. The van der Waals surface area contributed by atoms with Crippen LogP contribution in [0, 0.1) is 5.82 Å². The van der Waals surface area contributed by atoms with Gasteiger partial charge in [-0.05, 0) is 44.4 Å². The second kappa shape index (κ2) is 11.9. The highest BCUT2D eigenvalue weighted by Crippen LogP contribution is 2.15. The molecule has 7 nitrogen and oxygen atoms in total. The van der Waals surface area contributed by atoms with Gasteiger partial charge in [0.2, 0.25) is 10.0 Å². The highest BCUT2D eigenvalue weighted by atomic mass is 127. The van der Waals surface area contributed by atoms with Gasteiger partial charge in [-0.25, -0.2) is 17.1 Å². The molecule has 0 bridgehead atoms. The zero-order chi connectivity index (χ0) is 19.9. The van der Waals surface area contributed by atoms with Gasteiger partial charge in [0.15, 0.2) is 5.96 Å². The van der Waals surface area contributed by atoms with Crippen LogP contribution < -0.4 is 10.6 Å². The largest absolute Gasteiger partial charge is 0.386 e. The minimum Gasteiger partial charge on any atom is -0.386 e. The van der Waals surface area contributed by atoms with E-state index in [2.05, 4.69) is 15.6 Å². The second-order valence-electron chi connectivity index (χ2n) is 6.51. The van der Waals surface area contributed by atoms with Gasteiger partial charge < -0.3 is 15.7 Å². The number of sulfonamides is 1. The SMILES string of the molecule is CCNC(=NCC(O)c1ccc(F)cc1)NC1CCN(S(=O)(=O)CC)CC1.I. The highest BCUT2D eigenvalue weighted by molar-refractivity contribution is 14.0. The fourth-order valence-corrected chi connectivity index (χ4v) is 4.07. The van der Waals surface area contributed by atoms with Crippen molar-refractivity contribution in [2.24, 2.45) is 4.99 Å². The molecule has 0 radical (unpaired) electrons. The number of rotatable bonds is 7. The summed E-state index contributed by atoms with van der Waals surface area (Å²) in [6, 6.07) is 5.82. The smallest absolute Gasteiger partial charge is 0.213 e. The first-order valence-corrected chi connectivity index (χ1v) is 10.9. The number of hydrogen-bond donors (Lipinski definition) is 3. The monoisotopic (exact) mass is 528 g/mol. The van der Waals surface area contributed by atoms with E-state index in [1.807, 2.05) is 6.92 Å². The van der Waals surface area contributed by atoms with E-state index in [9.17, 15) is 17.9 Å². The molecule has 3 N–H and O–H groups in total. The van der Waals surface area contributed by atoms with Crippen LogP contribution in [0.15, 0.2) is 29.3 Å². The number of aliphatic hydroxyl groups is 1. The maximum atomic E-state index is 13.0. The van der Waals surface area contributed by atoms with Crippen LogP contribution in [0.1, 0.15) is 38.4 Å². The van der Waals surface area contributed by atoms with E-state index >= 15 is 0 Å². The zero-order valence-corrected chi connectivity index (χ0v) is 19.4. The highest BCUT2D eigenvalue weighted by Gasteiger charge is 2.27. The molecule has 1 aromatic carbocycles. The van der Waals surface area contributed by atoms with Crippen LogP contribution in [-0.4, -0.2) is 61.8 Å². The van der Waals surface area contributed by atoms with Crippen LogP contribution in [0.2, 0.25) is 0 Å². The molecule has 1 aromatic rings. The molecular formula is C18H30FIN4O3S. The van der Waals surface area contributed by atoms with Crippen molar-refractivity contribution in [1.82, 2.24) is 14.9 Å². The molecule has 10 heteroatoms. The predicted molar refractivity (Wildman–Crippen MR) is 120 cm³/mol. The maximum Gasteiger partial charge on any atom is 0.213 e. The Balaban J connectivity index is 0.00000392. The van der Waals surface area contributed by atoms with Gasteiger partial charge in [-0.2, -0.15) is 0 Å². The Kier molecular flexibility index (Phi) is 10.6. The number of hydrogen-bond acceptors (Lipinski definition) is 4. The number of nitrogens with zero attached hydrogens (tertiary/aromatic N) is 2. The Morgan fingerprint density at radius 3 is 2.43 bits per heavy atom. The molecular weight excluding hydrogens is 498 g/mol. The van der Waals surface area contributed by atoms with Crippen molar-refractivity contribution in [2.75, 3.05) is 31.9 Å². The van der Waals surface area contributed by atoms with Gasteiger partial charge in [0.1, 0.15) is 5.82 Å². The summed E-state index contributed by atoms with van der Waals surface area (Å²) >= 11 is 0. The van der Waals surface area contributed by atoms with E-state index in [-0.39, 0.29) is 48.1 Å². The average Bonchev–Trinajstić information content (AvgIpc) is 2.67. The van der Waals surface area contributed by atoms with Crippen LogP contribution in [0.25, 0.3) is 0 Å². The third-order valence-corrected chi connectivity index (χ3v) is 6.46. The first kappa shape index (κ1) is 25.1. The van der Waals surface area contributed by atoms with Crippen molar-refractivity contribution in [3.05, 3.63) is 35.6 Å². The average molecular weight is 528 g/mol. The normalized spacial score (nSPS) is 17.6. The molecule has 1 saturated heterocycles. The molecule has 0 aliphatic carbocycles. The number of aliphatic hydroxyl groups excluding tert-OH is 1. The molecule has 1 unspecified atom stereocenters.